The van der Waals surface area contributed by atoms with Crippen LogP contribution in [0.15, 0.2) is 47.6 Å². The van der Waals surface area contributed by atoms with Crippen molar-refractivity contribution in [2.45, 2.75) is 52.6 Å². The molecule has 0 saturated carbocycles. The van der Waals surface area contributed by atoms with E-state index in [2.05, 4.69) is 19.9 Å². The first-order chi connectivity index (χ1) is 14.2. The van der Waals surface area contributed by atoms with Gasteiger partial charge in [-0.25, -0.2) is 0 Å². The molecule has 1 heterocycles. The topological polar surface area (TPSA) is 87.0 Å². The van der Waals surface area contributed by atoms with Gasteiger partial charge in [0, 0.05) is 17.7 Å². The number of ketones is 1. The molecule has 158 valence electrons. The second-order valence-corrected chi connectivity index (χ2v) is 8.05. The summed E-state index contributed by atoms with van der Waals surface area (Å²) in [6.45, 7) is 6.22. The minimum Gasteiger partial charge on any atom is -0.508 e. The number of unbranched alkanes of at least 4 members (excludes halogenated alkanes) is 1. The molecule has 1 aliphatic heterocycles. The molecule has 1 unspecified atom stereocenters. The Morgan fingerprint density at radius 2 is 1.87 bits per heavy atom. The van der Waals surface area contributed by atoms with Gasteiger partial charge in [0.25, 0.3) is 0 Å². The van der Waals surface area contributed by atoms with Crippen molar-refractivity contribution in [3.63, 3.8) is 0 Å². The molecule has 0 bridgehead atoms. The van der Waals surface area contributed by atoms with Gasteiger partial charge in [-0.1, -0.05) is 29.4 Å². The number of carbonyl (C=O) groups is 1. The summed E-state index contributed by atoms with van der Waals surface area (Å²) in [7, 11) is 0. The van der Waals surface area contributed by atoms with Gasteiger partial charge in [-0.05, 0) is 57.7 Å². The predicted molar refractivity (Wildman–Crippen MR) is 117 cm³/mol. The zero-order valence-corrected chi connectivity index (χ0v) is 17.6. The van der Waals surface area contributed by atoms with Gasteiger partial charge in [-0.3, -0.25) is 4.79 Å². The fourth-order valence-electron chi connectivity index (χ4n) is 3.61. The van der Waals surface area contributed by atoms with Gasteiger partial charge in [0.2, 0.25) is 0 Å². The average molecular weight is 408 g/mol. The SMILES string of the molecule is CC(C)=CCCCC(C)=Cc1cc(C2CC(=O)c3c(O)cc(O)cc3O2)ccc1O. The summed E-state index contributed by atoms with van der Waals surface area (Å²) in [4.78, 5) is 12.5. The third kappa shape index (κ3) is 5.03. The van der Waals surface area contributed by atoms with Crippen molar-refractivity contribution in [3.05, 3.63) is 64.2 Å². The highest BCUT2D eigenvalue weighted by Crippen LogP contribution is 2.42. The van der Waals surface area contributed by atoms with Gasteiger partial charge in [-0.2, -0.15) is 0 Å². The molecule has 0 spiro atoms. The maximum Gasteiger partial charge on any atom is 0.174 e. The number of aromatic hydroxyl groups is 3. The zero-order chi connectivity index (χ0) is 21.8. The Balaban J connectivity index is 1.80. The lowest BCUT2D eigenvalue weighted by Gasteiger charge is -2.26. The van der Waals surface area contributed by atoms with E-state index in [4.69, 9.17) is 4.74 Å². The maximum absolute atomic E-state index is 12.5. The number of Topliss-reactive ketones (excluding diaryl/α,β-unsaturated/α-hetero) is 1. The van der Waals surface area contributed by atoms with Crippen LogP contribution >= 0.6 is 0 Å². The maximum atomic E-state index is 12.5. The van der Waals surface area contributed by atoms with Crippen molar-refractivity contribution >= 4 is 11.9 Å². The van der Waals surface area contributed by atoms with E-state index in [0.29, 0.717) is 5.56 Å². The summed E-state index contributed by atoms with van der Waals surface area (Å²) < 4.78 is 5.90. The summed E-state index contributed by atoms with van der Waals surface area (Å²) in [5.41, 5.74) is 3.99. The Labute approximate surface area is 177 Å². The Kier molecular flexibility index (Phi) is 6.50. The van der Waals surface area contributed by atoms with Crippen molar-refractivity contribution in [1.29, 1.82) is 0 Å². The van der Waals surface area contributed by atoms with Crippen molar-refractivity contribution < 1.29 is 24.9 Å². The molecule has 5 nitrogen and oxygen atoms in total. The Bertz CT molecular complexity index is 1010. The number of fused-ring (bicyclic) bond motifs is 1. The number of phenolic OH excluding ortho intramolecular Hbond substituents is 3. The number of benzene rings is 2. The monoisotopic (exact) mass is 408 g/mol. The molecule has 0 aliphatic carbocycles. The molecule has 0 saturated heterocycles. The highest BCUT2D eigenvalue weighted by Gasteiger charge is 2.31. The predicted octanol–water partition coefficient (Wildman–Crippen LogP) is 6.05. The van der Waals surface area contributed by atoms with Gasteiger partial charge < -0.3 is 20.1 Å². The van der Waals surface area contributed by atoms with Gasteiger partial charge >= 0.3 is 0 Å². The standard InChI is InChI=1S/C25H28O5/c1-15(2)6-4-5-7-16(3)10-18-11-17(8-9-20(18)27)23-14-22(29)25-21(28)12-19(26)13-24(25)30-23/h6,8-13,23,26-28H,4-5,7,14H2,1-3H3. The number of hydrogen-bond acceptors (Lipinski definition) is 5. The van der Waals surface area contributed by atoms with E-state index >= 15 is 0 Å². The Morgan fingerprint density at radius 3 is 2.60 bits per heavy atom. The van der Waals surface area contributed by atoms with Crippen molar-refractivity contribution in [1.82, 2.24) is 0 Å². The molecule has 3 N–H and O–H groups in total. The molecule has 3 rings (SSSR count). The fourth-order valence-corrected chi connectivity index (χ4v) is 3.61. The number of carbonyl (C=O) groups excluding carboxylic acids is 1. The summed E-state index contributed by atoms with van der Waals surface area (Å²) in [5, 5.41) is 30.0. The lowest BCUT2D eigenvalue weighted by atomic mass is 9.94. The Morgan fingerprint density at radius 1 is 1.10 bits per heavy atom. The quantitative estimate of drug-likeness (QED) is 0.400. The van der Waals surface area contributed by atoms with Gasteiger partial charge in [0.15, 0.2) is 5.78 Å². The second kappa shape index (κ2) is 9.08. The summed E-state index contributed by atoms with van der Waals surface area (Å²) in [6.07, 6.45) is 6.68. The second-order valence-electron chi connectivity index (χ2n) is 8.05. The molecular weight excluding hydrogens is 380 g/mol. The van der Waals surface area contributed by atoms with E-state index < -0.39 is 6.10 Å². The van der Waals surface area contributed by atoms with Crippen LogP contribution in [-0.4, -0.2) is 21.1 Å². The van der Waals surface area contributed by atoms with Gasteiger partial charge in [-0.15, -0.1) is 0 Å². The van der Waals surface area contributed by atoms with Gasteiger partial charge in [0.05, 0.1) is 6.42 Å². The normalized spacial score (nSPS) is 16.0. The molecule has 30 heavy (non-hydrogen) atoms. The largest absolute Gasteiger partial charge is 0.508 e. The molecule has 0 fully saturated rings. The lowest BCUT2D eigenvalue weighted by molar-refractivity contribution is 0.0845. The van der Waals surface area contributed by atoms with Crippen molar-refractivity contribution in [2.24, 2.45) is 0 Å². The van der Waals surface area contributed by atoms with Crippen molar-refractivity contribution in [3.8, 4) is 23.0 Å². The molecule has 1 atom stereocenters. The zero-order valence-electron chi connectivity index (χ0n) is 17.6. The van der Waals surface area contributed by atoms with Crippen LogP contribution in [0.3, 0.4) is 0 Å². The van der Waals surface area contributed by atoms with Crippen LogP contribution in [0.25, 0.3) is 6.08 Å². The van der Waals surface area contributed by atoms with E-state index in [1.165, 1.54) is 11.6 Å². The molecule has 2 aromatic rings. The number of allylic oxidation sites excluding steroid dienone is 3. The van der Waals surface area contributed by atoms with Crippen LogP contribution in [0.5, 0.6) is 23.0 Å². The van der Waals surface area contributed by atoms with Crippen LogP contribution in [-0.2, 0) is 0 Å². The fraction of sp³-hybridized carbons (Fsp3) is 0.320. The van der Waals surface area contributed by atoms with Gasteiger partial charge in [0.1, 0.15) is 34.7 Å². The smallest absolute Gasteiger partial charge is 0.174 e. The summed E-state index contributed by atoms with van der Waals surface area (Å²) >= 11 is 0. The molecule has 0 aromatic heterocycles. The third-order valence-electron chi connectivity index (χ3n) is 5.14. The van der Waals surface area contributed by atoms with Crippen LogP contribution in [0.4, 0.5) is 0 Å². The van der Waals surface area contributed by atoms with Crippen LogP contribution < -0.4 is 4.74 Å². The molecular formula is C25H28O5. The molecule has 5 heteroatoms. The summed E-state index contributed by atoms with van der Waals surface area (Å²) in [5.74, 6) is -0.377. The van der Waals surface area contributed by atoms with E-state index in [-0.39, 0.29) is 40.8 Å². The first kappa shape index (κ1) is 21.5. The molecule has 2 aromatic carbocycles. The number of ether oxygens (including phenoxy) is 1. The third-order valence-corrected chi connectivity index (χ3v) is 5.14. The average Bonchev–Trinajstić information content (AvgIpc) is 2.66. The number of rotatable bonds is 6. The van der Waals surface area contributed by atoms with Crippen molar-refractivity contribution in [2.75, 3.05) is 0 Å². The van der Waals surface area contributed by atoms with Crippen LogP contribution in [0.2, 0.25) is 0 Å². The first-order valence-corrected chi connectivity index (χ1v) is 10.1. The molecule has 0 radical (unpaired) electrons. The number of phenols is 3. The number of hydrogen-bond donors (Lipinski definition) is 3. The Hall–Kier alpha value is -3.21. The van der Waals surface area contributed by atoms with E-state index in [1.807, 2.05) is 19.1 Å². The highest BCUT2D eigenvalue weighted by molar-refractivity contribution is 6.02. The minimum absolute atomic E-state index is 0.0704. The van der Waals surface area contributed by atoms with E-state index in [9.17, 15) is 20.1 Å². The van der Waals surface area contributed by atoms with E-state index in [0.717, 1.165) is 36.5 Å². The summed E-state index contributed by atoms with van der Waals surface area (Å²) in [6, 6.07) is 7.60. The highest BCUT2D eigenvalue weighted by atomic mass is 16.5. The molecule has 0 amide bonds. The van der Waals surface area contributed by atoms with Crippen LogP contribution in [0, 0.1) is 0 Å². The van der Waals surface area contributed by atoms with Crippen LogP contribution in [0.1, 0.15) is 74.0 Å². The van der Waals surface area contributed by atoms with E-state index in [1.54, 1.807) is 12.1 Å². The minimum atomic E-state index is -0.558. The first-order valence-electron chi connectivity index (χ1n) is 10.1. The molecule has 1 aliphatic rings. The lowest BCUT2D eigenvalue weighted by Crippen LogP contribution is -2.20.